The van der Waals surface area contributed by atoms with Gasteiger partial charge in [-0.05, 0) is 42.5 Å². The number of hydrogen-bond donors (Lipinski definition) is 1. The van der Waals surface area contributed by atoms with Crippen LogP contribution in [0.3, 0.4) is 0 Å². The summed E-state index contributed by atoms with van der Waals surface area (Å²) in [6, 6.07) is 11.9. The fourth-order valence-corrected chi connectivity index (χ4v) is 2.26. The number of anilines is 1. The van der Waals surface area contributed by atoms with Crippen molar-refractivity contribution in [3.8, 4) is 5.75 Å². The Bertz CT molecular complexity index is 915. The summed E-state index contributed by atoms with van der Waals surface area (Å²) >= 11 is 0. The number of carbonyl (C=O) groups is 2. The highest BCUT2D eigenvalue weighted by Gasteiger charge is 2.11. The fraction of sp³-hybridized carbons (Fsp3) is 0.167. The topological polar surface area (TPSA) is 90.7 Å². The first-order chi connectivity index (χ1) is 12.0. The molecular weight excluding hydrogens is 324 g/mol. The van der Waals surface area contributed by atoms with E-state index >= 15 is 0 Å². The van der Waals surface area contributed by atoms with Gasteiger partial charge in [-0.2, -0.15) is 0 Å². The Morgan fingerprint density at radius 2 is 1.92 bits per heavy atom. The van der Waals surface area contributed by atoms with Gasteiger partial charge in [-0.3, -0.25) is 4.79 Å². The third-order valence-electron chi connectivity index (χ3n) is 3.39. The van der Waals surface area contributed by atoms with Gasteiger partial charge in [0.2, 0.25) is 11.8 Å². The molecule has 1 heterocycles. The molecule has 7 nitrogen and oxygen atoms in total. The minimum atomic E-state index is -0.429. The van der Waals surface area contributed by atoms with Crippen molar-refractivity contribution in [2.45, 2.75) is 13.5 Å². The molecule has 0 aliphatic heterocycles. The predicted octanol–water partition coefficient (Wildman–Crippen LogP) is 3.15. The van der Waals surface area contributed by atoms with Crippen molar-refractivity contribution >= 4 is 28.7 Å². The average molecular weight is 340 g/mol. The van der Waals surface area contributed by atoms with Gasteiger partial charge in [-0.15, -0.1) is 0 Å². The molecule has 25 heavy (non-hydrogen) atoms. The van der Waals surface area contributed by atoms with E-state index < -0.39 is 5.97 Å². The molecule has 0 bridgehead atoms. The molecule has 1 amide bonds. The quantitative estimate of drug-likeness (QED) is 0.718. The summed E-state index contributed by atoms with van der Waals surface area (Å²) in [5, 5.41) is 2.68. The Morgan fingerprint density at radius 3 is 2.60 bits per heavy atom. The lowest BCUT2D eigenvalue weighted by molar-refractivity contribution is -0.114. The number of ether oxygens (including phenoxy) is 2. The molecule has 0 spiro atoms. The number of carbonyl (C=O) groups excluding carboxylic acids is 2. The van der Waals surface area contributed by atoms with Gasteiger partial charge in [-0.1, -0.05) is 0 Å². The smallest absolute Gasteiger partial charge is 0.337 e. The van der Waals surface area contributed by atoms with Gasteiger partial charge in [-0.25, -0.2) is 9.78 Å². The lowest BCUT2D eigenvalue weighted by Gasteiger charge is -2.05. The van der Waals surface area contributed by atoms with Crippen molar-refractivity contribution in [1.29, 1.82) is 0 Å². The number of aromatic nitrogens is 1. The van der Waals surface area contributed by atoms with Crippen LogP contribution in [0, 0.1) is 0 Å². The summed E-state index contributed by atoms with van der Waals surface area (Å²) in [5.41, 5.74) is 2.22. The number of oxazole rings is 1. The first kappa shape index (κ1) is 16.5. The third-order valence-corrected chi connectivity index (χ3v) is 3.39. The number of fused-ring (bicyclic) bond motifs is 1. The largest absolute Gasteiger partial charge is 0.484 e. The predicted molar refractivity (Wildman–Crippen MR) is 90.4 cm³/mol. The molecule has 128 valence electrons. The summed E-state index contributed by atoms with van der Waals surface area (Å²) in [7, 11) is 1.33. The highest BCUT2D eigenvalue weighted by molar-refractivity contribution is 5.93. The highest BCUT2D eigenvalue weighted by Crippen LogP contribution is 2.20. The minimum absolute atomic E-state index is 0.133. The first-order valence-electron chi connectivity index (χ1n) is 7.53. The van der Waals surface area contributed by atoms with Gasteiger partial charge in [0.05, 0.1) is 12.7 Å². The molecule has 0 saturated carbocycles. The van der Waals surface area contributed by atoms with Gasteiger partial charge in [0.25, 0.3) is 0 Å². The highest BCUT2D eigenvalue weighted by atomic mass is 16.5. The molecule has 0 radical (unpaired) electrons. The van der Waals surface area contributed by atoms with E-state index in [9.17, 15) is 9.59 Å². The molecule has 7 heteroatoms. The third kappa shape index (κ3) is 3.95. The number of esters is 1. The summed E-state index contributed by atoms with van der Waals surface area (Å²) in [6.45, 7) is 1.59. The molecule has 3 aromatic rings. The Hall–Kier alpha value is -3.35. The van der Waals surface area contributed by atoms with Crippen LogP contribution in [0.2, 0.25) is 0 Å². The van der Waals surface area contributed by atoms with Crippen LogP contribution in [0.25, 0.3) is 11.1 Å². The van der Waals surface area contributed by atoms with E-state index in [0.717, 1.165) is 0 Å². The van der Waals surface area contributed by atoms with Crippen molar-refractivity contribution in [2.24, 2.45) is 0 Å². The van der Waals surface area contributed by atoms with Gasteiger partial charge >= 0.3 is 5.97 Å². The van der Waals surface area contributed by atoms with Crippen LogP contribution in [0.15, 0.2) is 46.9 Å². The zero-order chi connectivity index (χ0) is 17.8. The van der Waals surface area contributed by atoms with E-state index in [4.69, 9.17) is 9.15 Å². The maximum Gasteiger partial charge on any atom is 0.337 e. The van der Waals surface area contributed by atoms with E-state index in [1.54, 1.807) is 42.5 Å². The molecule has 0 aliphatic carbocycles. The van der Waals surface area contributed by atoms with Crippen LogP contribution in [0.5, 0.6) is 5.75 Å². The minimum Gasteiger partial charge on any atom is -0.484 e. The van der Waals surface area contributed by atoms with Gasteiger partial charge in [0, 0.05) is 12.6 Å². The normalized spacial score (nSPS) is 10.5. The monoisotopic (exact) mass is 340 g/mol. The second-order valence-electron chi connectivity index (χ2n) is 5.28. The molecule has 1 N–H and O–H groups in total. The van der Waals surface area contributed by atoms with Crippen LogP contribution in [-0.2, 0) is 16.1 Å². The fourth-order valence-electron chi connectivity index (χ4n) is 2.26. The van der Waals surface area contributed by atoms with E-state index in [2.05, 4.69) is 15.0 Å². The second kappa shape index (κ2) is 7.04. The van der Waals surface area contributed by atoms with E-state index in [-0.39, 0.29) is 12.5 Å². The number of methoxy groups -OCH3 is 1. The number of hydrogen-bond acceptors (Lipinski definition) is 6. The van der Waals surface area contributed by atoms with Crippen LogP contribution in [0.1, 0.15) is 23.2 Å². The van der Waals surface area contributed by atoms with Gasteiger partial charge < -0.3 is 19.2 Å². The maximum absolute atomic E-state index is 11.5. The van der Waals surface area contributed by atoms with Crippen LogP contribution >= 0.6 is 0 Å². The summed E-state index contributed by atoms with van der Waals surface area (Å²) in [4.78, 5) is 26.8. The van der Waals surface area contributed by atoms with E-state index in [1.165, 1.54) is 14.0 Å². The van der Waals surface area contributed by atoms with Crippen molar-refractivity contribution in [3.05, 3.63) is 53.9 Å². The number of benzene rings is 2. The molecule has 1 aromatic heterocycles. The lowest BCUT2D eigenvalue weighted by atomic mass is 10.2. The van der Waals surface area contributed by atoms with Crippen molar-refractivity contribution in [3.63, 3.8) is 0 Å². The number of amides is 1. The van der Waals surface area contributed by atoms with Crippen LogP contribution in [0.4, 0.5) is 5.69 Å². The van der Waals surface area contributed by atoms with Crippen molar-refractivity contribution in [1.82, 2.24) is 4.98 Å². The number of nitrogens with zero attached hydrogens (tertiary/aromatic N) is 1. The molecule has 0 aliphatic rings. The molecule has 0 fully saturated rings. The van der Waals surface area contributed by atoms with Crippen molar-refractivity contribution in [2.75, 3.05) is 12.4 Å². The Morgan fingerprint density at radius 1 is 1.16 bits per heavy atom. The number of nitrogens with one attached hydrogen (secondary N) is 1. The zero-order valence-corrected chi connectivity index (χ0v) is 13.7. The molecule has 3 rings (SSSR count). The maximum atomic E-state index is 11.5. The molecular formula is C18H16N2O5. The average Bonchev–Trinajstić information content (AvgIpc) is 3.02. The lowest BCUT2D eigenvalue weighted by Crippen LogP contribution is -2.05. The Kier molecular flexibility index (Phi) is 4.65. The Labute approximate surface area is 143 Å². The summed E-state index contributed by atoms with van der Waals surface area (Å²) in [6.07, 6.45) is 0. The van der Waals surface area contributed by atoms with Gasteiger partial charge in [0.1, 0.15) is 11.3 Å². The molecule has 0 unspecified atom stereocenters. The van der Waals surface area contributed by atoms with Crippen LogP contribution < -0.4 is 10.1 Å². The number of rotatable bonds is 5. The summed E-state index contributed by atoms with van der Waals surface area (Å²) in [5.74, 6) is 0.447. The molecule has 0 atom stereocenters. The second-order valence-corrected chi connectivity index (χ2v) is 5.28. The Balaban J connectivity index is 1.68. The summed E-state index contributed by atoms with van der Waals surface area (Å²) < 4.78 is 15.9. The molecule has 0 saturated heterocycles. The first-order valence-corrected chi connectivity index (χ1v) is 7.53. The zero-order valence-electron chi connectivity index (χ0n) is 13.7. The van der Waals surface area contributed by atoms with Gasteiger partial charge in [0.15, 0.2) is 12.2 Å². The standard InChI is InChI=1S/C18H16N2O5/c1-11(21)19-13-4-6-14(7-5-13)24-10-17-20-15-9-12(18(22)23-2)3-8-16(15)25-17/h3-9H,10H2,1-2H3,(H,19,21). The molecule has 2 aromatic carbocycles. The van der Waals surface area contributed by atoms with E-state index in [0.29, 0.717) is 34.0 Å². The SMILES string of the molecule is COC(=O)c1ccc2oc(COc3ccc(NC(C)=O)cc3)nc2c1. The van der Waals surface area contributed by atoms with Crippen molar-refractivity contribution < 1.29 is 23.5 Å². The van der Waals surface area contributed by atoms with E-state index in [1.807, 2.05) is 0 Å². The van der Waals surface area contributed by atoms with Crippen LogP contribution in [-0.4, -0.2) is 24.0 Å².